The van der Waals surface area contributed by atoms with Gasteiger partial charge < -0.3 is 5.32 Å². The fraction of sp³-hybridized carbons (Fsp3) is 0.200. The van der Waals surface area contributed by atoms with Gasteiger partial charge in [-0.25, -0.2) is 13.2 Å². The average molecular weight is 297 g/mol. The zero-order chi connectivity index (χ0) is 14.7. The van der Waals surface area contributed by atoms with Gasteiger partial charge in [-0.15, -0.1) is 0 Å². The summed E-state index contributed by atoms with van der Waals surface area (Å²) in [6, 6.07) is 8.22. The Morgan fingerprint density at radius 1 is 1.00 bits per heavy atom. The summed E-state index contributed by atoms with van der Waals surface area (Å²) in [5.41, 5.74) is 0.518. The summed E-state index contributed by atoms with van der Waals surface area (Å²) in [5, 5.41) is 2.98. The second kappa shape index (κ2) is 6.33. The van der Waals surface area contributed by atoms with E-state index in [1.165, 1.54) is 23.9 Å². The molecule has 1 atom stereocenters. The summed E-state index contributed by atoms with van der Waals surface area (Å²) >= 11 is 1.21. The molecule has 0 aliphatic carbocycles. The Bertz CT molecular complexity index is 616. The fourth-order valence-corrected chi connectivity index (χ4v) is 2.92. The number of nitrogens with one attached hydrogen (secondary N) is 1. The van der Waals surface area contributed by atoms with Crippen molar-refractivity contribution >= 4 is 11.8 Å². The van der Waals surface area contributed by atoms with Gasteiger partial charge in [0.2, 0.25) is 0 Å². The number of hydrogen-bond acceptors (Lipinski definition) is 2. The molecule has 2 aromatic carbocycles. The van der Waals surface area contributed by atoms with E-state index in [1.54, 1.807) is 19.2 Å². The van der Waals surface area contributed by atoms with Crippen LogP contribution in [0, 0.1) is 17.5 Å². The molecule has 0 bridgehead atoms. The molecule has 20 heavy (non-hydrogen) atoms. The maximum absolute atomic E-state index is 13.9. The number of hydrogen-bond donors (Lipinski definition) is 1. The molecule has 0 saturated heterocycles. The van der Waals surface area contributed by atoms with Gasteiger partial charge in [-0.2, -0.15) is 0 Å². The van der Waals surface area contributed by atoms with Crippen molar-refractivity contribution in [1.82, 2.24) is 5.32 Å². The number of benzene rings is 2. The summed E-state index contributed by atoms with van der Waals surface area (Å²) < 4.78 is 40.1. The minimum Gasteiger partial charge on any atom is -0.313 e. The van der Waals surface area contributed by atoms with E-state index in [1.807, 2.05) is 6.92 Å². The van der Waals surface area contributed by atoms with E-state index in [2.05, 4.69) is 5.32 Å². The molecular weight excluding hydrogens is 283 g/mol. The minimum absolute atomic E-state index is 0.177. The Morgan fingerprint density at radius 2 is 1.75 bits per heavy atom. The van der Waals surface area contributed by atoms with Gasteiger partial charge in [-0.3, -0.25) is 0 Å². The van der Waals surface area contributed by atoms with Crippen molar-refractivity contribution in [2.45, 2.75) is 22.8 Å². The molecule has 5 heteroatoms. The molecule has 1 unspecified atom stereocenters. The second-order valence-corrected chi connectivity index (χ2v) is 5.46. The van der Waals surface area contributed by atoms with Gasteiger partial charge >= 0.3 is 0 Å². The maximum Gasteiger partial charge on any atom is 0.159 e. The normalized spacial score (nSPS) is 12.4. The van der Waals surface area contributed by atoms with Gasteiger partial charge in [-0.05, 0) is 44.3 Å². The van der Waals surface area contributed by atoms with Crippen molar-refractivity contribution in [3.63, 3.8) is 0 Å². The third-order valence-electron chi connectivity index (χ3n) is 3.00. The zero-order valence-corrected chi connectivity index (χ0v) is 11.9. The van der Waals surface area contributed by atoms with Gasteiger partial charge in [0, 0.05) is 21.4 Å². The molecule has 0 aliphatic heterocycles. The molecule has 0 saturated carbocycles. The van der Waals surface area contributed by atoms with Crippen LogP contribution in [0.25, 0.3) is 0 Å². The van der Waals surface area contributed by atoms with Gasteiger partial charge in [0.05, 0.1) is 0 Å². The molecule has 0 radical (unpaired) electrons. The molecule has 1 N–H and O–H groups in total. The van der Waals surface area contributed by atoms with E-state index >= 15 is 0 Å². The molecule has 2 rings (SSSR count). The Balaban J connectivity index is 2.38. The molecule has 0 fully saturated rings. The van der Waals surface area contributed by atoms with Crippen LogP contribution in [0.5, 0.6) is 0 Å². The van der Waals surface area contributed by atoms with Gasteiger partial charge in [0.15, 0.2) is 11.6 Å². The molecule has 0 aliphatic rings. The standard InChI is InChI=1S/C15H14F3NS/c1-9(19-2)15-12(17)4-3-5-14(15)20-10-6-7-11(16)13(18)8-10/h3-9,19H,1-2H3. The van der Waals surface area contributed by atoms with Crippen LogP contribution in [0.4, 0.5) is 13.2 Å². The Kier molecular flexibility index (Phi) is 4.73. The van der Waals surface area contributed by atoms with Crippen LogP contribution in [0.1, 0.15) is 18.5 Å². The van der Waals surface area contributed by atoms with Crippen LogP contribution in [0.2, 0.25) is 0 Å². The van der Waals surface area contributed by atoms with E-state index in [-0.39, 0.29) is 11.9 Å². The lowest BCUT2D eigenvalue weighted by molar-refractivity contribution is 0.506. The topological polar surface area (TPSA) is 12.0 Å². The fourth-order valence-electron chi connectivity index (χ4n) is 1.84. The molecule has 0 amide bonds. The van der Waals surface area contributed by atoms with Crippen LogP contribution in [-0.4, -0.2) is 7.05 Å². The third-order valence-corrected chi connectivity index (χ3v) is 4.06. The van der Waals surface area contributed by atoms with E-state index in [0.717, 1.165) is 12.1 Å². The lowest BCUT2D eigenvalue weighted by atomic mass is 10.1. The molecule has 0 heterocycles. The van der Waals surface area contributed by atoms with Gasteiger partial charge in [-0.1, -0.05) is 17.8 Å². The highest BCUT2D eigenvalue weighted by Gasteiger charge is 2.15. The Morgan fingerprint density at radius 3 is 2.40 bits per heavy atom. The van der Waals surface area contributed by atoms with Crippen LogP contribution in [0.3, 0.4) is 0 Å². The zero-order valence-electron chi connectivity index (χ0n) is 11.1. The average Bonchev–Trinajstić information content (AvgIpc) is 2.42. The summed E-state index contributed by atoms with van der Waals surface area (Å²) in [7, 11) is 1.74. The summed E-state index contributed by atoms with van der Waals surface area (Å²) in [6.45, 7) is 1.84. The smallest absolute Gasteiger partial charge is 0.159 e. The van der Waals surface area contributed by atoms with Crippen LogP contribution in [-0.2, 0) is 0 Å². The third kappa shape index (κ3) is 3.16. The summed E-state index contributed by atoms with van der Waals surface area (Å²) in [5.74, 6) is -2.12. The first-order valence-electron chi connectivity index (χ1n) is 6.11. The second-order valence-electron chi connectivity index (χ2n) is 4.34. The first kappa shape index (κ1) is 14.9. The lowest BCUT2D eigenvalue weighted by Gasteiger charge is -2.16. The van der Waals surface area contributed by atoms with Crippen LogP contribution >= 0.6 is 11.8 Å². The largest absolute Gasteiger partial charge is 0.313 e. The van der Waals surface area contributed by atoms with E-state index < -0.39 is 11.6 Å². The molecule has 2 aromatic rings. The van der Waals surface area contributed by atoms with Gasteiger partial charge in [0.1, 0.15) is 5.82 Å². The van der Waals surface area contributed by atoms with Crippen LogP contribution in [0.15, 0.2) is 46.2 Å². The Labute approximate surface area is 120 Å². The molecule has 0 spiro atoms. The van der Waals surface area contributed by atoms with E-state index in [9.17, 15) is 13.2 Å². The SMILES string of the molecule is CNC(C)c1c(F)cccc1Sc1ccc(F)c(F)c1. The highest BCUT2D eigenvalue weighted by atomic mass is 32.2. The van der Waals surface area contributed by atoms with Crippen molar-refractivity contribution in [3.8, 4) is 0 Å². The highest BCUT2D eigenvalue weighted by Crippen LogP contribution is 2.35. The lowest BCUT2D eigenvalue weighted by Crippen LogP contribution is -2.14. The summed E-state index contributed by atoms with van der Waals surface area (Å²) in [4.78, 5) is 1.21. The van der Waals surface area contributed by atoms with Crippen molar-refractivity contribution in [2.75, 3.05) is 7.05 Å². The van der Waals surface area contributed by atoms with E-state index in [0.29, 0.717) is 15.4 Å². The number of halogens is 3. The monoisotopic (exact) mass is 297 g/mol. The maximum atomic E-state index is 13.9. The first-order valence-corrected chi connectivity index (χ1v) is 6.93. The predicted molar refractivity (Wildman–Crippen MR) is 74.4 cm³/mol. The molecule has 0 aromatic heterocycles. The van der Waals surface area contributed by atoms with E-state index in [4.69, 9.17) is 0 Å². The van der Waals surface area contributed by atoms with Crippen molar-refractivity contribution in [2.24, 2.45) is 0 Å². The summed E-state index contributed by atoms with van der Waals surface area (Å²) in [6.07, 6.45) is 0. The van der Waals surface area contributed by atoms with Crippen molar-refractivity contribution in [1.29, 1.82) is 0 Å². The van der Waals surface area contributed by atoms with Crippen molar-refractivity contribution < 1.29 is 13.2 Å². The van der Waals surface area contributed by atoms with Crippen LogP contribution < -0.4 is 5.32 Å². The minimum atomic E-state index is -0.908. The molecule has 1 nitrogen and oxygen atoms in total. The predicted octanol–water partition coefficient (Wildman–Crippen LogP) is 4.54. The quantitative estimate of drug-likeness (QED) is 0.889. The molecule has 106 valence electrons. The highest BCUT2D eigenvalue weighted by molar-refractivity contribution is 7.99. The Hall–Kier alpha value is -1.46. The molecular formula is C15H14F3NS. The van der Waals surface area contributed by atoms with Gasteiger partial charge in [0.25, 0.3) is 0 Å². The first-order chi connectivity index (χ1) is 9.52. The van der Waals surface area contributed by atoms with Crippen molar-refractivity contribution in [3.05, 3.63) is 59.4 Å². The number of rotatable bonds is 4.